The molecule has 0 radical (unpaired) electrons. The molecule has 0 unspecified atom stereocenters. The SMILES string of the molecule is CN(C)C(C)(C)CNc1ccc([N+](=O)[O-])c2cnccc12. The standard InChI is InChI=1S/C15H20N4O2/c1-15(2,18(3)4)10-17-13-5-6-14(19(20)21)12-9-16-8-7-11(12)13/h5-9,17H,10H2,1-4H3. The number of likely N-dealkylation sites (N-methyl/N-ethyl adjacent to an activating group) is 1. The number of rotatable bonds is 5. The number of nitrogens with zero attached hydrogens (tertiary/aromatic N) is 3. The number of nitro groups is 1. The van der Waals surface area contributed by atoms with E-state index in [2.05, 4.69) is 29.0 Å². The maximum atomic E-state index is 11.1. The third kappa shape index (κ3) is 3.11. The summed E-state index contributed by atoms with van der Waals surface area (Å²) in [6.45, 7) is 5.00. The highest BCUT2D eigenvalue weighted by molar-refractivity contribution is 5.99. The molecule has 0 spiro atoms. The van der Waals surface area contributed by atoms with Crippen molar-refractivity contribution in [2.45, 2.75) is 19.4 Å². The smallest absolute Gasteiger partial charge is 0.278 e. The van der Waals surface area contributed by atoms with E-state index in [0.717, 1.165) is 17.6 Å². The van der Waals surface area contributed by atoms with E-state index < -0.39 is 0 Å². The molecule has 2 aromatic rings. The lowest BCUT2D eigenvalue weighted by Gasteiger charge is -2.33. The fourth-order valence-electron chi connectivity index (χ4n) is 1.96. The zero-order valence-corrected chi connectivity index (χ0v) is 12.8. The van der Waals surface area contributed by atoms with Crippen molar-refractivity contribution in [1.82, 2.24) is 9.88 Å². The highest BCUT2D eigenvalue weighted by Gasteiger charge is 2.21. The molecule has 1 aromatic carbocycles. The van der Waals surface area contributed by atoms with E-state index in [4.69, 9.17) is 0 Å². The molecule has 0 bridgehead atoms. The fraction of sp³-hybridized carbons (Fsp3) is 0.400. The van der Waals surface area contributed by atoms with E-state index >= 15 is 0 Å². The second-order valence-electron chi connectivity index (χ2n) is 5.87. The topological polar surface area (TPSA) is 71.3 Å². The van der Waals surface area contributed by atoms with E-state index in [0.29, 0.717) is 5.39 Å². The molecule has 0 aliphatic heterocycles. The summed E-state index contributed by atoms with van der Waals surface area (Å²) in [6, 6.07) is 5.08. The highest BCUT2D eigenvalue weighted by atomic mass is 16.6. The van der Waals surface area contributed by atoms with Crippen LogP contribution in [0.1, 0.15) is 13.8 Å². The van der Waals surface area contributed by atoms with Crippen molar-refractivity contribution < 1.29 is 4.92 Å². The minimum Gasteiger partial charge on any atom is -0.383 e. The van der Waals surface area contributed by atoms with Gasteiger partial charge in [0.1, 0.15) is 0 Å². The largest absolute Gasteiger partial charge is 0.383 e. The van der Waals surface area contributed by atoms with Crippen molar-refractivity contribution in [3.63, 3.8) is 0 Å². The van der Waals surface area contributed by atoms with E-state index in [9.17, 15) is 10.1 Å². The number of non-ortho nitro benzene ring substituents is 1. The van der Waals surface area contributed by atoms with Gasteiger partial charge in [0.05, 0.1) is 10.3 Å². The number of nitro benzene ring substituents is 1. The second-order valence-corrected chi connectivity index (χ2v) is 5.87. The molecule has 6 heteroatoms. The van der Waals surface area contributed by atoms with Crippen LogP contribution in [-0.2, 0) is 0 Å². The Morgan fingerprint density at radius 1 is 1.29 bits per heavy atom. The molecule has 21 heavy (non-hydrogen) atoms. The Hall–Kier alpha value is -2.21. The lowest BCUT2D eigenvalue weighted by atomic mass is 10.0. The van der Waals surface area contributed by atoms with Gasteiger partial charge in [-0.05, 0) is 40.1 Å². The summed E-state index contributed by atoms with van der Waals surface area (Å²) in [4.78, 5) is 16.8. The van der Waals surface area contributed by atoms with Crippen LogP contribution < -0.4 is 5.32 Å². The van der Waals surface area contributed by atoms with Crippen LogP contribution in [0.5, 0.6) is 0 Å². The second kappa shape index (κ2) is 5.65. The number of anilines is 1. The third-order valence-electron chi connectivity index (χ3n) is 3.91. The van der Waals surface area contributed by atoms with Gasteiger partial charge in [-0.25, -0.2) is 0 Å². The van der Waals surface area contributed by atoms with Crippen LogP contribution in [0.3, 0.4) is 0 Å². The molecule has 0 aliphatic carbocycles. The summed E-state index contributed by atoms with van der Waals surface area (Å²) >= 11 is 0. The van der Waals surface area contributed by atoms with Gasteiger partial charge in [0.2, 0.25) is 0 Å². The molecule has 112 valence electrons. The minimum absolute atomic E-state index is 0.0267. The first-order valence-electron chi connectivity index (χ1n) is 6.75. The first kappa shape index (κ1) is 15.2. The van der Waals surface area contributed by atoms with Crippen LogP contribution in [0.15, 0.2) is 30.6 Å². The highest BCUT2D eigenvalue weighted by Crippen LogP contribution is 2.31. The summed E-state index contributed by atoms with van der Waals surface area (Å²) in [5.41, 5.74) is 0.935. The Morgan fingerprint density at radius 2 is 2.00 bits per heavy atom. The average Bonchev–Trinajstić information content (AvgIpc) is 2.44. The predicted molar refractivity (Wildman–Crippen MR) is 84.7 cm³/mol. The molecule has 1 N–H and O–H groups in total. The van der Waals surface area contributed by atoms with Gasteiger partial charge in [0.25, 0.3) is 5.69 Å². The van der Waals surface area contributed by atoms with Crippen LogP contribution in [0.4, 0.5) is 11.4 Å². The first-order chi connectivity index (χ1) is 9.83. The lowest BCUT2D eigenvalue weighted by molar-refractivity contribution is -0.383. The summed E-state index contributed by atoms with van der Waals surface area (Å²) in [6.07, 6.45) is 3.18. The van der Waals surface area contributed by atoms with Crippen LogP contribution in [0.2, 0.25) is 0 Å². The van der Waals surface area contributed by atoms with E-state index in [1.165, 1.54) is 12.3 Å². The molecular weight excluding hydrogens is 268 g/mol. The molecule has 2 rings (SSSR count). The van der Waals surface area contributed by atoms with Crippen molar-refractivity contribution in [2.24, 2.45) is 0 Å². The van der Waals surface area contributed by atoms with Crippen molar-refractivity contribution in [3.8, 4) is 0 Å². The van der Waals surface area contributed by atoms with E-state index in [-0.39, 0.29) is 16.1 Å². The fourth-order valence-corrected chi connectivity index (χ4v) is 1.96. The Kier molecular flexibility index (Phi) is 4.09. The molecule has 0 fully saturated rings. The average molecular weight is 288 g/mol. The quantitative estimate of drug-likeness (QED) is 0.676. The Morgan fingerprint density at radius 3 is 2.62 bits per heavy atom. The monoisotopic (exact) mass is 288 g/mol. The maximum absolute atomic E-state index is 11.1. The Bertz CT molecular complexity index is 668. The summed E-state index contributed by atoms with van der Waals surface area (Å²) in [5, 5.41) is 15.8. The molecule has 6 nitrogen and oxygen atoms in total. The number of benzene rings is 1. The summed E-state index contributed by atoms with van der Waals surface area (Å²) < 4.78 is 0. The van der Waals surface area contributed by atoms with Gasteiger partial charge in [-0.3, -0.25) is 15.1 Å². The molecular formula is C15H20N4O2. The van der Waals surface area contributed by atoms with Crippen molar-refractivity contribution in [1.29, 1.82) is 0 Å². The van der Waals surface area contributed by atoms with Gasteiger partial charge >= 0.3 is 0 Å². The number of hydrogen-bond donors (Lipinski definition) is 1. The number of fused-ring (bicyclic) bond motifs is 1. The van der Waals surface area contributed by atoms with Crippen molar-refractivity contribution in [3.05, 3.63) is 40.7 Å². The zero-order chi connectivity index (χ0) is 15.6. The number of hydrogen-bond acceptors (Lipinski definition) is 5. The van der Waals surface area contributed by atoms with Crippen molar-refractivity contribution in [2.75, 3.05) is 26.0 Å². The molecule has 0 aliphatic rings. The normalized spacial score (nSPS) is 11.9. The van der Waals surface area contributed by atoms with E-state index in [1.54, 1.807) is 18.3 Å². The molecule has 0 atom stereocenters. The van der Waals surface area contributed by atoms with Gasteiger partial charge < -0.3 is 10.2 Å². The van der Waals surface area contributed by atoms with Gasteiger partial charge in [-0.2, -0.15) is 0 Å². The Balaban J connectivity index is 2.38. The van der Waals surface area contributed by atoms with Gasteiger partial charge in [-0.1, -0.05) is 0 Å². The van der Waals surface area contributed by atoms with Crippen LogP contribution in [-0.4, -0.2) is 41.0 Å². The van der Waals surface area contributed by atoms with Crippen LogP contribution in [0.25, 0.3) is 10.8 Å². The number of aromatic nitrogens is 1. The molecule has 0 amide bonds. The predicted octanol–water partition coefficient (Wildman–Crippen LogP) is 2.90. The number of nitrogens with one attached hydrogen (secondary N) is 1. The maximum Gasteiger partial charge on any atom is 0.278 e. The van der Waals surface area contributed by atoms with Gasteiger partial charge in [-0.15, -0.1) is 0 Å². The molecule has 0 saturated heterocycles. The first-order valence-corrected chi connectivity index (χ1v) is 6.75. The summed E-state index contributed by atoms with van der Waals surface area (Å²) in [5.74, 6) is 0. The lowest BCUT2D eigenvalue weighted by Crippen LogP contribution is -2.44. The van der Waals surface area contributed by atoms with Crippen molar-refractivity contribution >= 4 is 22.1 Å². The zero-order valence-electron chi connectivity index (χ0n) is 12.8. The van der Waals surface area contributed by atoms with Crippen LogP contribution >= 0.6 is 0 Å². The van der Waals surface area contributed by atoms with Gasteiger partial charge in [0.15, 0.2) is 0 Å². The number of pyridine rings is 1. The van der Waals surface area contributed by atoms with Crippen LogP contribution in [0, 0.1) is 10.1 Å². The Labute approximate surface area is 123 Å². The van der Waals surface area contributed by atoms with Gasteiger partial charge in [0, 0.05) is 41.6 Å². The molecule has 1 heterocycles. The minimum atomic E-state index is -0.377. The molecule has 1 aromatic heterocycles. The third-order valence-corrected chi connectivity index (χ3v) is 3.91. The summed E-state index contributed by atoms with van der Waals surface area (Å²) in [7, 11) is 4.05. The van der Waals surface area contributed by atoms with E-state index in [1.807, 2.05) is 14.1 Å². The molecule has 0 saturated carbocycles.